The van der Waals surface area contributed by atoms with Crippen LogP contribution in [-0.2, 0) is 14.8 Å². The lowest BCUT2D eigenvalue weighted by molar-refractivity contribution is -0.127. The number of hydrogen-bond acceptors (Lipinski definition) is 4. The first-order valence-corrected chi connectivity index (χ1v) is 12.7. The van der Waals surface area contributed by atoms with E-state index in [2.05, 4.69) is 5.10 Å². The van der Waals surface area contributed by atoms with Gasteiger partial charge in [-0.3, -0.25) is 4.79 Å². The minimum Gasteiger partial charge on any atom is -0.337 e. The maximum atomic E-state index is 12.8. The highest BCUT2D eigenvalue weighted by atomic mass is 32.2. The minimum absolute atomic E-state index is 0.136. The van der Waals surface area contributed by atoms with Crippen LogP contribution in [0.3, 0.4) is 0 Å². The van der Waals surface area contributed by atoms with Crippen LogP contribution in [0.2, 0.25) is 0 Å². The summed E-state index contributed by atoms with van der Waals surface area (Å²) in [7, 11) is -3.54. The summed E-state index contributed by atoms with van der Waals surface area (Å²) in [6, 6.07) is 19.2. The number of nitrogens with zero attached hydrogens (tertiary/aromatic N) is 4. The summed E-state index contributed by atoms with van der Waals surface area (Å²) in [5.74, 6) is -0.136. The van der Waals surface area contributed by atoms with Gasteiger partial charge in [0.25, 0.3) is 0 Å². The second-order valence-electron chi connectivity index (χ2n) is 8.15. The van der Waals surface area contributed by atoms with Crippen LogP contribution in [-0.4, -0.2) is 59.5 Å². The Bertz CT molecular complexity index is 1300. The summed E-state index contributed by atoms with van der Waals surface area (Å²) in [6.07, 6.45) is 4.94. The van der Waals surface area contributed by atoms with Crippen LogP contribution < -0.4 is 0 Å². The molecule has 8 heteroatoms. The van der Waals surface area contributed by atoms with E-state index in [0.29, 0.717) is 13.1 Å². The second kappa shape index (κ2) is 10.2. The van der Waals surface area contributed by atoms with Crippen molar-refractivity contribution in [3.63, 3.8) is 0 Å². The monoisotopic (exact) mass is 476 g/mol. The first kappa shape index (κ1) is 23.7. The number of amides is 1. The molecule has 0 radical (unpaired) electrons. The van der Waals surface area contributed by atoms with Gasteiger partial charge in [0, 0.05) is 48.9 Å². The molecule has 2 aromatic carbocycles. The number of sulfonamides is 1. The lowest BCUT2D eigenvalue weighted by Crippen LogP contribution is -2.49. The van der Waals surface area contributed by atoms with Crippen molar-refractivity contribution < 1.29 is 13.2 Å². The number of hydrogen-bond donors (Lipinski definition) is 0. The molecule has 0 saturated carbocycles. The van der Waals surface area contributed by atoms with Gasteiger partial charge in [0.2, 0.25) is 15.9 Å². The van der Waals surface area contributed by atoms with E-state index in [9.17, 15) is 13.2 Å². The molecule has 34 heavy (non-hydrogen) atoms. The molecular weight excluding hydrogens is 448 g/mol. The number of para-hydroxylation sites is 1. The van der Waals surface area contributed by atoms with Crippen LogP contribution in [0.1, 0.15) is 22.5 Å². The van der Waals surface area contributed by atoms with Crippen molar-refractivity contribution in [3.8, 4) is 5.69 Å². The number of carbonyl (C=O) groups is 1. The fourth-order valence-electron chi connectivity index (χ4n) is 3.95. The van der Waals surface area contributed by atoms with Crippen molar-refractivity contribution in [2.45, 2.75) is 13.8 Å². The molecule has 7 nitrogen and oxygen atoms in total. The summed E-state index contributed by atoms with van der Waals surface area (Å²) in [6.45, 7) is 5.13. The number of rotatable bonds is 6. The lowest BCUT2D eigenvalue weighted by atomic mass is 10.1. The Morgan fingerprint density at radius 2 is 1.50 bits per heavy atom. The first-order valence-electron chi connectivity index (χ1n) is 11.2. The van der Waals surface area contributed by atoms with E-state index in [-0.39, 0.29) is 19.0 Å². The van der Waals surface area contributed by atoms with Crippen LogP contribution in [0.15, 0.2) is 72.1 Å². The Labute approximate surface area is 200 Å². The number of benzene rings is 2. The van der Waals surface area contributed by atoms with Gasteiger partial charge in [0.1, 0.15) is 0 Å². The normalized spacial score (nSPS) is 15.4. The van der Waals surface area contributed by atoms with E-state index in [1.807, 2.05) is 79.2 Å². The molecule has 0 atom stereocenters. The number of piperazine rings is 1. The maximum absolute atomic E-state index is 12.8. The zero-order valence-electron chi connectivity index (χ0n) is 19.3. The third-order valence-electron chi connectivity index (χ3n) is 5.88. The van der Waals surface area contributed by atoms with Gasteiger partial charge in [-0.05, 0) is 43.7 Å². The third kappa shape index (κ3) is 5.35. The molecule has 1 aliphatic rings. The lowest BCUT2D eigenvalue weighted by Gasteiger charge is -2.32. The number of aryl methyl sites for hydroxylation is 1. The van der Waals surface area contributed by atoms with Gasteiger partial charge in [-0.2, -0.15) is 9.40 Å². The Balaban J connectivity index is 1.38. The molecule has 1 aliphatic heterocycles. The molecule has 2 heterocycles. The molecule has 0 spiro atoms. The zero-order chi connectivity index (χ0) is 24.1. The molecule has 1 amide bonds. The Morgan fingerprint density at radius 1 is 0.882 bits per heavy atom. The SMILES string of the molecule is Cc1nn(-c2ccccc2)c(C)c1C=CC(=O)N1CCN(S(=O)(=O)C=Cc2ccccc2)CC1. The molecule has 3 aromatic rings. The van der Waals surface area contributed by atoms with Gasteiger partial charge in [-0.1, -0.05) is 48.5 Å². The van der Waals surface area contributed by atoms with Crippen molar-refractivity contribution in [1.29, 1.82) is 0 Å². The average Bonchev–Trinajstić information content (AvgIpc) is 3.15. The highest BCUT2D eigenvalue weighted by molar-refractivity contribution is 7.92. The van der Waals surface area contributed by atoms with Crippen LogP contribution in [0.25, 0.3) is 17.8 Å². The Kier molecular flexibility index (Phi) is 7.09. The smallest absolute Gasteiger partial charge is 0.246 e. The molecule has 4 rings (SSSR count). The molecule has 0 aliphatic carbocycles. The first-order chi connectivity index (χ1) is 16.3. The van der Waals surface area contributed by atoms with Crippen molar-refractivity contribution in [2.75, 3.05) is 26.2 Å². The summed E-state index contributed by atoms with van der Waals surface area (Å²) in [5, 5.41) is 5.84. The van der Waals surface area contributed by atoms with Crippen LogP contribution in [0, 0.1) is 13.8 Å². The summed E-state index contributed by atoms with van der Waals surface area (Å²) >= 11 is 0. The van der Waals surface area contributed by atoms with Gasteiger partial charge in [-0.15, -0.1) is 0 Å². The Morgan fingerprint density at radius 3 is 2.15 bits per heavy atom. The van der Waals surface area contributed by atoms with E-state index in [1.54, 1.807) is 23.1 Å². The van der Waals surface area contributed by atoms with Crippen LogP contribution in [0.4, 0.5) is 0 Å². The predicted octanol–water partition coefficient (Wildman–Crippen LogP) is 3.65. The van der Waals surface area contributed by atoms with Crippen molar-refractivity contribution in [2.24, 2.45) is 0 Å². The van der Waals surface area contributed by atoms with E-state index in [4.69, 9.17) is 0 Å². The van der Waals surface area contributed by atoms with Crippen molar-refractivity contribution >= 4 is 28.1 Å². The highest BCUT2D eigenvalue weighted by Crippen LogP contribution is 2.19. The van der Waals surface area contributed by atoms with Gasteiger partial charge >= 0.3 is 0 Å². The quantitative estimate of drug-likeness (QED) is 0.509. The van der Waals surface area contributed by atoms with E-state index < -0.39 is 10.0 Å². The standard InChI is InChI=1S/C26H28N4O3S/c1-21-25(22(2)30(27-21)24-11-7-4-8-12-24)13-14-26(31)28-16-18-29(19-17-28)34(32,33)20-15-23-9-5-3-6-10-23/h3-15,20H,16-19H2,1-2H3. The van der Waals surface area contributed by atoms with Crippen molar-refractivity contribution in [1.82, 2.24) is 19.0 Å². The van der Waals surface area contributed by atoms with Gasteiger partial charge in [0.15, 0.2) is 0 Å². The molecule has 1 fully saturated rings. The fraction of sp³-hybridized carbons (Fsp3) is 0.231. The van der Waals surface area contributed by atoms with Gasteiger partial charge in [0.05, 0.1) is 11.4 Å². The molecule has 0 N–H and O–H groups in total. The van der Waals surface area contributed by atoms with E-state index in [0.717, 1.165) is 28.2 Å². The average molecular weight is 477 g/mol. The zero-order valence-corrected chi connectivity index (χ0v) is 20.1. The summed E-state index contributed by atoms with van der Waals surface area (Å²) < 4.78 is 28.6. The van der Waals surface area contributed by atoms with Gasteiger partial charge in [-0.25, -0.2) is 13.1 Å². The van der Waals surface area contributed by atoms with E-state index in [1.165, 1.54) is 9.71 Å². The molecule has 176 valence electrons. The molecule has 0 unspecified atom stereocenters. The summed E-state index contributed by atoms with van der Waals surface area (Å²) in [5.41, 5.74) is 4.49. The molecule has 1 saturated heterocycles. The molecule has 0 bridgehead atoms. The predicted molar refractivity (Wildman–Crippen MR) is 135 cm³/mol. The highest BCUT2D eigenvalue weighted by Gasteiger charge is 2.26. The second-order valence-corrected chi connectivity index (χ2v) is 9.97. The topological polar surface area (TPSA) is 75.5 Å². The maximum Gasteiger partial charge on any atom is 0.246 e. The molecular formula is C26H28N4O3S. The minimum atomic E-state index is -3.54. The third-order valence-corrected chi connectivity index (χ3v) is 7.45. The number of carbonyl (C=O) groups excluding carboxylic acids is 1. The van der Waals surface area contributed by atoms with E-state index >= 15 is 0 Å². The fourth-order valence-corrected chi connectivity index (χ4v) is 5.13. The van der Waals surface area contributed by atoms with Crippen LogP contribution in [0.5, 0.6) is 0 Å². The molecule has 1 aromatic heterocycles. The van der Waals surface area contributed by atoms with Crippen molar-refractivity contribution in [3.05, 3.63) is 94.7 Å². The largest absolute Gasteiger partial charge is 0.337 e. The number of aromatic nitrogens is 2. The van der Waals surface area contributed by atoms with Gasteiger partial charge < -0.3 is 4.90 Å². The van der Waals surface area contributed by atoms with Crippen LogP contribution >= 0.6 is 0 Å². The summed E-state index contributed by atoms with van der Waals surface area (Å²) in [4.78, 5) is 14.4. The Hall–Kier alpha value is -3.49.